The third-order valence-electron chi connectivity index (χ3n) is 4.23. The highest BCUT2D eigenvalue weighted by Gasteiger charge is 2.27. The van der Waals surface area contributed by atoms with Crippen molar-refractivity contribution in [2.45, 2.75) is 44.1 Å². The molecule has 2 N–H and O–H groups in total. The Kier molecular flexibility index (Phi) is 3.88. The van der Waals surface area contributed by atoms with Gasteiger partial charge in [-0.15, -0.1) is 0 Å². The van der Waals surface area contributed by atoms with Crippen LogP contribution in [0.5, 0.6) is 5.88 Å². The predicted octanol–water partition coefficient (Wildman–Crippen LogP) is 3.67. The van der Waals surface area contributed by atoms with Crippen molar-refractivity contribution in [1.29, 1.82) is 0 Å². The highest BCUT2D eigenvalue weighted by Crippen LogP contribution is 2.27. The lowest BCUT2D eigenvalue weighted by Crippen LogP contribution is -2.45. The van der Waals surface area contributed by atoms with Crippen LogP contribution >= 0.6 is 0 Å². The fraction of sp³-hybridized carbons (Fsp3) is 0.471. The second-order valence-corrected chi connectivity index (χ2v) is 5.90. The quantitative estimate of drug-likeness (QED) is 0.866. The van der Waals surface area contributed by atoms with Gasteiger partial charge in [0.2, 0.25) is 5.88 Å². The number of benzene rings is 1. The normalized spacial score (nSPS) is 18.6. The second kappa shape index (κ2) is 5.80. The predicted molar refractivity (Wildman–Crippen MR) is 81.9 cm³/mol. The molecule has 0 aliphatic heterocycles. The number of ether oxygens (including phenoxy) is 1. The van der Waals surface area contributed by atoms with Gasteiger partial charge in [0.15, 0.2) is 0 Å². The van der Waals surface area contributed by atoms with E-state index >= 15 is 0 Å². The molecule has 0 atom stereocenters. The monoisotopic (exact) mass is 270 g/mol. The van der Waals surface area contributed by atoms with Crippen LogP contribution in [0.15, 0.2) is 36.5 Å². The van der Waals surface area contributed by atoms with Gasteiger partial charge in [-0.2, -0.15) is 0 Å². The van der Waals surface area contributed by atoms with Crippen LogP contribution in [0.25, 0.3) is 10.8 Å². The van der Waals surface area contributed by atoms with Gasteiger partial charge >= 0.3 is 0 Å². The summed E-state index contributed by atoms with van der Waals surface area (Å²) in [5.74, 6) is 0.706. The van der Waals surface area contributed by atoms with E-state index in [2.05, 4.69) is 11.1 Å². The molecule has 2 aromatic rings. The minimum absolute atomic E-state index is 0.185. The fourth-order valence-electron chi connectivity index (χ4n) is 3.00. The maximum atomic E-state index is 6.50. The Morgan fingerprint density at radius 3 is 2.60 bits per heavy atom. The molecule has 0 radical (unpaired) electrons. The first-order valence-corrected chi connectivity index (χ1v) is 7.52. The van der Waals surface area contributed by atoms with Crippen molar-refractivity contribution in [1.82, 2.24) is 4.98 Å². The standard InChI is InChI=1S/C17H22N2O/c18-17(10-5-1-2-6-11-17)13-20-16-15-8-4-3-7-14(15)9-12-19-16/h3-4,7-9,12H,1-2,5-6,10-11,13,18H2. The largest absolute Gasteiger partial charge is 0.475 e. The van der Waals surface area contributed by atoms with E-state index in [1.807, 2.05) is 24.3 Å². The summed E-state index contributed by atoms with van der Waals surface area (Å²) in [5, 5.41) is 2.22. The zero-order valence-electron chi connectivity index (χ0n) is 11.8. The highest BCUT2D eigenvalue weighted by atomic mass is 16.5. The Morgan fingerprint density at radius 2 is 1.80 bits per heavy atom. The summed E-state index contributed by atoms with van der Waals surface area (Å²) in [6.45, 7) is 0.563. The van der Waals surface area contributed by atoms with E-state index in [1.54, 1.807) is 6.20 Å². The Bertz CT molecular complexity index is 569. The highest BCUT2D eigenvalue weighted by molar-refractivity contribution is 5.86. The van der Waals surface area contributed by atoms with E-state index in [4.69, 9.17) is 10.5 Å². The molecule has 0 spiro atoms. The number of rotatable bonds is 3. The smallest absolute Gasteiger partial charge is 0.221 e. The van der Waals surface area contributed by atoms with E-state index < -0.39 is 0 Å². The van der Waals surface area contributed by atoms with Gasteiger partial charge in [-0.25, -0.2) is 4.98 Å². The van der Waals surface area contributed by atoms with E-state index in [0.717, 1.165) is 23.6 Å². The molecule has 1 fully saturated rings. The van der Waals surface area contributed by atoms with Crippen molar-refractivity contribution in [3.63, 3.8) is 0 Å². The van der Waals surface area contributed by atoms with Crippen molar-refractivity contribution < 1.29 is 4.74 Å². The van der Waals surface area contributed by atoms with Crippen molar-refractivity contribution in [3.05, 3.63) is 36.5 Å². The molecule has 1 aromatic carbocycles. The van der Waals surface area contributed by atoms with Gasteiger partial charge in [0.25, 0.3) is 0 Å². The molecule has 106 valence electrons. The number of fused-ring (bicyclic) bond motifs is 1. The van der Waals surface area contributed by atoms with Crippen molar-refractivity contribution in [2.75, 3.05) is 6.61 Å². The van der Waals surface area contributed by atoms with E-state index in [1.165, 1.54) is 25.7 Å². The van der Waals surface area contributed by atoms with Crippen molar-refractivity contribution >= 4 is 10.8 Å². The third-order valence-corrected chi connectivity index (χ3v) is 4.23. The minimum atomic E-state index is -0.185. The lowest BCUT2D eigenvalue weighted by Gasteiger charge is -2.27. The minimum Gasteiger partial charge on any atom is -0.475 e. The van der Waals surface area contributed by atoms with Crippen molar-refractivity contribution in [3.8, 4) is 5.88 Å². The molecular weight excluding hydrogens is 248 g/mol. The molecule has 0 bridgehead atoms. The summed E-state index contributed by atoms with van der Waals surface area (Å²) in [6, 6.07) is 10.2. The number of hydrogen-bond donors (Lipinski definition) is 1. The number of aromatic nitrogens is 1. The summed E-state index contributed by atoms with van der Waals surface area (Å²) < 4.78 is 5.98. The molecule has 1 saturated carbocycles. The molecule has 1 aliphatic rings. The third kappa shape index (κ3) is 2.93. The molecule has 1 aliphatic carbocycles. The maximum absolute atomic E-state index is 6.50. The molecule has 3 heteroatoms. The number of nitrogens with two attached hydrogens (primary N) is 1. The van der Waals surface area contributed by atoms with Crippen LogP contribution < -0.4 is 10.5 Å². The van der Waals surface area contributed by atoms with Gasteiger partial charge in [-0.05, 0) is 30.4 Å². The zero-order chi connectivity index (χ0) is 13.8. The van der Waals surface area contributed by atoms with Gasteiger partial charge < -0.3 is 10.5 Å². The lowest BCUT2D eigenvalue weighted by atomic mass is 9.93. The molecule has 1 heterocycles. The SMILES string of the molecule is NC1(COc2nccc3ccccc23)CCCCCC1. The van der Waals surface area contributed by atoms with Gasteiger partial charge in [0.05, 0.1) is 5.54 Å². The number of pyridine rings is 1. The van der Waals surface area contributed by atoms with Crippen LogP contribution in [0.2, 0.25) is 0 Å². The molecule has 1 aromatic heterocycles. The summed E-state index contributed by atoms with van der Waals surface area (Å²) in [4.78, 5) is 4.37. The van der Waals surface area contributed by atoms with Gasteiger partial charge in [-0.1, -0.05) is 43.9 Å². The summed E-state index contributed by atoms with van der Waals surface area (Å²) in [7, 11) is 0. The van der Waals surface area contributed by atoms with Gasteiger partial charge in [0, 0.05) is 11.6 Å². The molecule has 3 nitrogen and oxygen atoms in total. The Labute approximate surface area is 120 Å². The lowest BCUT2D eigenvalue weighted by molar-refractivity contribution is 0.195. The van der Waals surface area contributed by atoms with Crippen LogP contribution in [0.1, 0.15) is 38.5 Å². The molecule has 0 saturated heterocycles. The van der Waals surface area contributed by atoms with Crippen LogP contribution in [0.3, 0.4) is 0 Å². The topological polar surface area (TPSA) is 48.1 Å². The van der Waals surface area contributed by atoms with Crippen LogP contribution in [-0.2, 0) is 0 Å². The molecule has 0 unspecified atom stereocenters. The maximum Gasteiger partial charge on any atom is 0.221 e. The first-order chi connectivity index (χ1) is 9.77. The van der Waals surface area contributed by atoms with E-state index in [0.29, 0.717) is 12.5 Å². The van der Waals surface area contributed by atoms with Crippen LogP contribution in [0.4, 0.5) is 0 Å². The Hall–Kier alpha value is -1.61. The first-order valence-electron chi connectivity index (χ1n) is 7.52. The van der Waals surface area contributed by atoms with Gasteiger partial charge in [-0.3, -0.25) is 0 Å². The number of hydrogen-bond acceptors (Lipinski definition) is 3. The van der Waals surface area contributed by atoms with E-state index in [-0.39, 0.29) is 5.54 Å². The second-order valence-electron chi connectivity index (χ2n) is 5.90. The fourth-order valence-corrected chi connectivity index (χ4v) is 3.00. The summed E-state index contributed by atoms with van der Waals surface area (Å²) in [6.07, 6.45) is 8.92. The molecule has 0 amide bonds. The first kappa shape index (κ1) is 13.4. The van der Waals surface area contributed by atoms with Gasteiger partial charge in [0.1, 0.15) is 6.61 Å². The van der Waals surface area contributed by atoms with Crippen LogP contribution in [0, 0.1) is 0 Å². The average Bonchev–Trinajstić information content (AvgIpc) is 2.70. The van der Waals surface area contributed by atoms with E-state index in [9.17, 15) is 0 Å². The number of nitrogens with zero attached hydrogens (tertiary/aromatic N) is 1. The summed E-state index contributed by atoms with van der Waals surface area (Å²) in [5.41, 5.74) is 6.31. The van der Waals surface area contributed by atoms with Crippen molar-refractivity contribution in [2.24, 2.45) is 5.73 Å². The average molecular weight is 270 g/mol. The van der Waals surface area contributed by atoms with Crippen LogP contribution in [-0.4, -0.2) is 17.1 Å². The Balaban J connectivity index is 1.76. The molecule has 3 rings (SSSR count). The zero-order valence-corrected chi connectivity index (χ0v) is 11.8. The molecular formula is C17H22N2O. The summed E-state index contributed by atoms with van der Waals surface area (Å²) >= 11 is 0. The molecule has 20 heavy (non-hydrogen) atoms. The Morgan fingerprint density at radius 1 is 1.05 bits per heavy atom.